The van der Waals surface area contributed by atoms with E-state index in [-0.39, 0.29) is 6.23 Å². The minimum Gasteiger partial charge on any atom is -0.379 e. The van der Waals surface area contributed by atoms with Crippen molar-refractivity contribution in [3.05, 3.63) is 0 Å². The molecule has 0 amide bonds. The summed E-state index contributed by atoms with van der Waals surface area (Å²) in [6, 6.07) is 0. The van der Waals surface area contributed by atoms with Gasteiger partial charge in [0.2, 0.25) is 0 Å². The monoisotopic (exact) mass is 187 g/mol. The molecule has 3 heteroatoms. The molecule has 0 aliphatic carbocycles. The van der Waals surface area contributed by atoms with Crippen molar-refractivity contribution in [1.82, 2.24) is 4.90 Å². The summed E-state index contributed by atoms with van der Waals surface area (Å²) in [5, 5.41) is 0. The van der Waals surface area contributed by atoms with Gasteiger partial charge in [0, 0.05) is 19.7 Å². The van der Waals surface area contributed by atoms with Gasteiger partial charge in [-0.05, 0) is 13.3 Å². The molecule has 0 aromatic heterocycles. The fraction of sp³-hybridized carbons (Fsp3) is 1.00. The number of unbranched alkanes of at least 4 members (excludes halogenated alkanes) is 1. The Kier molecular flexibility index (Phi) is 5.35. The highest BCUT2D eigenvalue weighted by molar-refractivity contribution is 4.63. The van der Waals surface area contributed by atoms with Crippen molar-refractivity contribution in [3.63, 3.8) is 0 Å². The first-order chi connectivity index (χ1) is 6.34. The minimum atomic E-state index is 0.260. The quantitative estimate of drug-likeness (QED) is 0.609. The van der Waals surface area contributed by atoms with Gasteiger partial charge in [-0.25, -0.2) is 0 Å². The summed E-state index contributed by atoms with van der Waals surface area (Å²) in [7, 11) is 0. The number of nitrogens with zero attached hydrogens (tertiary/aromatic N) is 1. The summed E-state index contributed by atoms with van der Waals surface area (Å²) in [4.78, 5) is 2.33. The SMILES string of the molecule is CCCCOC(C)N1CCOCC1. The van der Waals surface area contributed by atoms with Gasteiger partial charge in [0.05, 0.1) is 13.2 Å². The van der Waals surface area contributed by atoms with Crippen molar-refractivity contribution in [3.8, 4) is 0 Å². The molecule has 78 valence electrons. The molecule has 3 nitrogen and oxygen atoms in total. The van der Waals surface area contributed by atoms with Gasteiger partial charge < -0.3 is 9.47 Å². The highest BCUT2D eigenvalue weighted by Gasteiger charge is 2.16. The van der Waals surface area contributed by atoms with Crippen LogP contribution in [-0.4, -0.2) is 44.0 Å². The molecule has 0 saturated carbocycles. The lowest BCUT2D eigenvalue weighted by atomic mass is 10.3. The summed E-state index contributed by atoms with van der Waals surface area (Å²) in [6.45, 7) is 8.91. The smallest absolute Gasteiger partial charge is 0.107 e. The van der Waals surface area contributed by atoms with E-state index in [1.54, 1.807) is 0 Å². The Morgan fingerprint density at radius 1 is 1.38 bits per heavy atom. The van der Waals surface area contributed by atoms with Gasteiger partial charge >= 0.3 is 0 Å². The van der Waals surface area contributed by atoms with Crippen LogP contribution in [0.25, 0.3) is 0 Å². The van der Waals surface area contributed by atoms with E-state index in [0.717, 1.165) is 39.3 Å². The molecule has 0 spiro atoms. The molecule has 13 heavy (non-hydrogen) atoms. The first-order valence-corrected chi connectivity index (χ1v) is 5.28. The molecule has 0 aromatic rings. The standard InChI is InChI=1S/C10H21NO2/c1-3-4-7-13-10(2)11-5-8-12-9-6-11/h10H,3-9H2,1-2H3. The molecule has 1 saturated heterocycles. The van der Waals surface area contributed by atoms with Crippen LogP contribution in [0.4, 0.5) is 0 Å². The van der Waals surface area contributed by atoms with Gasteiger partial charge in [-0.3, -0.25) is 4.90 Å². The Morgan fingerprint density at radius 2 is 2.08 bits per heavy atom. The average Bonchev–Trinajstić information content (AvgIpc) is 2.19. The molecule has 0 bridgehead atoms. The van der Waals surface area contributed by atoms with Gasteiger partial charge in [-0.15, -0.1) is 0 Å². The maximum atomic E-state index is 5.69. The second-order valence-electron chi connectivity index (χ2n) is 3.47. The fourth-order valence-corrected chi connectivity index (χ4v) is 1.44. The summed E-state index contributed by atoms with van der Waals surface area (Å²) in [6.07, 6.45) is 2.63. The predicted octanol–water partition coefficient (Wildman–Crippen LogP) is 1.48. The fourth-order valence-electron chi connectivity index (χ4n) is 1.44. The second kappa shape index (κ2) is 6.35. The van der Waals surface area contributed by atoms with E-state index < -0.39 is 0 Å². The van der Waals surface area contributed by atoms with Crippen LogP contribution >= 0.6 is 0 Å². The van der Waals surface area contributed by atoms with Crippen molar-refractivity contribution in [2.24, 2.45) is 0 Å². The van der Waals surface area contributed by atoms with E-state index in [9.17, 15) is 0 Å². The molecular weight excluding hydrogens is 166 g/mol. The highest BCUT2D eigenvalue weighted by Crippen LogP contribution is 2.05. The third-order valence-corrected chi connectivity index (χ3v) is 2.42. The molecule has 0 radical (unpaired) electrons. The normalized spacial score (nSPS) is 21.7. The average molecular weight is 187 g/mol. The minimum absolute atomic E-state index is 0.260. The van der Waals surface area contributed by atoms with Crippen molar-refractivity contribution in [2.45, 2.75) is 32.9 Å². The van der Waals surface area contributed by atoms with Gasteiger partial charge in [0.15, 0.2) is 0 Å². The molecule has 1 rings (SSSR count). The topological polar surface area (TPSA) is 21.7 Å². The summed E-state index contributed by atoms with van der Waals surface area (Å²) in [5.41, 5.74) is 0. The molecule has 1 heterocycles. The Balaban J connectivity index is 2.09. The number of rotatable bonds is 5. The molecular formula is C10H21NO2. The van der Waals surface area contributed by atoms with Crippen molar-refractivity contribution in [2.75, 3.05) is 32.9 Å². The molecule has 0 aromatic carbocycles. The third-order valence-electron chi connectivity index (χ3n) is 2.42. The first-order valence-electron chi connectivity index (χ1n) is 5.28. The molecule has 0 N–H and O–H groups in total. The van der Waals surface area contributed by atoms with Crippen LogP contribution in [0, 0.1) is 0 Å². The molecule has 1 fully saturated rings. The van der Waals surface area contributed by atoms with Gasteiger partial charge in [-0.2, -0.15) is 0 Å². The van der Waals surface area contributed by atoms with Crippen LogP contribution in [0.2, 0.25) is 0 Å². The molecule has 1 aliphatic rings. The van der Waals surface area contributed by atoms with E-state index in [0.29, 0.717) is 0 Å². The van der Waals surface area contributed by atoms with Crippen LogP contribution in [-0.2, 0) is 9.47 Å². The highest BCUT2D eigenvalue weighted by atomic mass is 16.5. The maximum absolute atomic E-state index is 5.69. The molecule has 1 atom stereocenters. The third kappa shape index (κ3) is 4.07. The van der Waals surface area contributed by atoms with E-state index >= 15 is 0 Å². The van der Waals surface area contributed by atoms with Crippen molar-refractivity contribution in [1.29, 1.82) is 0 Å². The largest absolute Gasteiger partial charge is 0.379 e. The van der Waals surface area contributed by atoms with Crippen molar-refractivity contribution < 1.29 is 9.47 Å². The van der Waals surface area contributed by atoms with E-state index in [1.807, 2.05) is 0 Å². The van der Waals surface area contributed by atoms with E-state index in [2.05, 4.69) is 18.7 Å². The Morgan fingerprint density at radius 3 is 2.69 bits per heavy atom. The number of hydrogen-bond acceptors (Lipinski definition) is 3. The van der Waals surface area contributed by atoms with Gasteiger partial charge in [-0.1, -0.05) is 13.3 Å². The summed E-state index contributed by atoms with van der Waals surface area (Å²) in [5.74, 6) is 0. The van der Waals surface area contributed by atoms with Crippen LogP contribution < -0.4 is 0 Å². The van der Waals surface area contributed by atoms with E-state index in [4.69, 9.17) is 9.47 Å². The number of morpholine rings is 1. The molecule has 1 unspecified atom stereocenters. The van der Waals surface area contributed by atoms with E-state index in [1.165, 1.54) is 6.42 Å². The first kappa shape index (κ1) is 11.0. The number of hydrogen-bond donors (Lipinski definition) is 0. The second-order valence-corrected chi connectivity index (χ2v) is 3.47. The lowest BCUT2D eigenvalue weighted by molar-refractivity contribution is -0.0870. The van der Waals surface area contributed by atoms with Crippen LogP contribution in [0.5, 0.6) is 0 Å². The maximum Gasteiger partial charge on any atom is 0.107 e. The van der Waals surface area contributed by atoms with Crippen LogP contribution in [0.15, 0.2) is 0 Å². The van der Waals surface area contributed by atoms with Gasteiger partial charge in [0.1, 0.15) is 6.23 Å². The zero-order valence-corrected chi connectivity index (χ0v) is 8.79. The molecule has 1 aliphatic heterocycles. The zero-order chi connectivity index (χ0) is 9.52. The summed E-state index contributed by atoms with van der Waals surface area (Å²) < 4.78 is 11.0. The van der Waals surface area contributed by atoms with Crippen LogP contribution in [0.1, 0.15) is 26.7 Å². The van der Waals surface area contributed by atoms with Crippen LogP contribution in [0.3, 0.4) is 0 Å². The summed E-state index contributed by atoms with van der Waals surface area (Å²) >= 11 is 0. The lowest BCUT2D eigenvalue weighted by Gasteiger charge is -2.31. The Bertz CT molecular complexity index is 124. The Hall–Kier alpha value is -0.120. The Labute approximate surface area is 81.0 Å². The zero-order valence-electron chi connectivity index (χ0n) is 8.79. The van der Waals surface area contributed by atoms with Gasteiger partial charge in [0.25, 0.3) is 0 Å². The number of ether oxygens (including phenoxy) is 2. The lowest BCUT2D eigenvalue weighted by Crippen LogP contribution is -2.43. The predicted molar refractivity (Wildman–Crippen MR) is 52.7 cm³/mol. The van der Waals surface area contributed by atoms with Crippen molar-refractivity contribution >= 4 is 0 Å².